The molecule has 1 rings (SSSR count). The summed E-state index contributed by atoms with van der Waals surface area (Å²) < 4.78 is 36.8. The molecule has 14 heavy (non-hydrogen) atoms. The van der Waals surface area contributed by atoms with Crippen LogP contribution >= 0.6 is 0 Å². The molecule has 1 aliphatic carbocycles. The molecule has 0 amide bonds. The van der Waals surface area contributed by atoms with E-state index in [2.05, 4.69) is 0 Å². The molecule has 0 N–H and O–H groups in total. The van der Waals surface area contributed by atoms with Gasteiger partial charge in [-0.05, 0) is 24.8 Å². The lowest BCUT2D eigenvalue weighted by atomic mass is 10.0. The van der Waals surface area contributed by atoms with Crippen LogP contribution in [0.1, 0.15) is 32.6 Å². The number of carbonyl (C=O) groups is 1. The number of rotatable bonds is 3. The number of halogens is 3. The van der Waals surface area contributed by atoms with Crippen LogP contribution in [0, 0.1) is 5.92 Å². The van der Waals surface area contributed by atoms with E-state index >= 15 is 0 Å². The van der Waals surface area contributed by atoms with Crippen LogP contribution in [0.3, 0.4) is 0 Å². The summed E-state index contributed by atoms with van der Waals surface area (Å²) in [6.45, 7) is 1.95. The van der Waals surface area contributed by atoms with Gasteiger partial charge in [0.2, 0.25) is 0 Å². The summed E-state index contributed by atoms with van der Waals surface area (Å²) in [4.78, 5) is 11.3. The fraction of sp³-hybridized carbons (Fsp3) is 0.700. The second-order valence-electron chi connectivity index (χ2n) is 3.53. The van der Waals surface area contributed by atoms with Crippen LogP contribution in [0.15, 0.2) is 11.6 Å². The molecule has 0 spiro atoms. The van der Waals surface area contributed by atoms with Crippen molar-refractivity contribution in [3.63, 3.8) is 0 Å². The topological polar surface area (TPSA) is 17.1 Å². The van der Waals surface area contributed by atoms with Gasteiger partial charge < -0.3 is 0 Å². The molecule has 0 heterocycles. The van der Waals surface area contributed by atoms with Crippen LogP contribution in [0.2, 0.25) is 0 Å². The molecular weight excluding hydrogens is 193 g/mol. The molecular formula is C10H13F3O. The van der Waals surface area contributed by atoms with E-state index < -0.39 is 17.9 Å². The Balaban J connectivity index is 2.58. The molecule has 0 aromatic rings. The number of allylic oxidation sites excluding steroid dienone is 2. The maximum absolute atomic E-state index is 12.3. The van der Waals surface area contributed by atoms with Crippen LogP contribution in [0.4, 0.5) is 13.2 Å². The molecule has 0 saturated heterocycles. The molecule has 0 aromatic carbocycles. The fourth-order valence-electron chi connectivity index (χ4n) is 1.57. The summed E-state index contributed by atoms with van der Waals surface area (Å²) in [6.07, 6.45) is -0.940. The molecule has 0 radical (unpaired) electrons. The smallest absolute Gasteiger partial charge is 0.294 e. The van der Waals surface area contributed by atoms with Crippen molar-refractivity contribution in [2.75, 3.05) is 0 Å². The van der Waals surface area contributed by atoms with Crippen molar-refractivity contribution in [3.8, 4) is 0 Å². The fourth-order valence-corrected chi connectivity index (χ4v) is 1.57. The number of hydrogen-bond donors (Lipinski definition) is 0. The normalized spacial score (nSPS) is 22.7. The van der Waals surface area contributed by atoms with Gasteiger partial charge in [-0.2, -0.15) is 13.2 Å². The van der Waals surface area contributed by atoms with Gasteiger partial charge in [0.25, 0.3) is 0 Å². The largest absolute Gasteiger partial charge is 0.399 e. The minimum absolute atomic E-state index is 0.165. The van der Waals surface area contributed by atoms with Gasteiger partial charge >= 0.3 is 6.18 Å². The van der Waals surface area contributed by atoms with E-state index in [4.69, 9.17) is 0 Å². The lowest BCUT2D eigenvalue weighted by molar-refractivity contribution is -0.176. The highest BCUT2D eigenvalue weighted by Crippen LogP contribution is 2.37. The Morgan fingerprint density at radius 1 is 1.50 bits per heavy atom. The summed E-state index contributed by atoms with van der Waals surface area (Å²) in [5, 5.41) is 0. The third-order valence-corrected chi connectivity index (χ3v) is 2.43. The van der Waals surface area contributed by atoms with Crippen molar-refractivity contribution in [2.45, 2.75) is 38.8 Å². The Morgan fingerprint density at radius 2 is 2.14 bits per heavy atom. The first-order valence-corrected chi connectivity index (χ1v) is 4.76. The molecule has 1 unspecified atom stereocenters. The van der Waals surface area contributed by atoms with E-state index in [0.29, 0.717) is 12.0 Å². The third kappa shape index (κ3) is 2.36. The monoisotopic (exact) mass is 206 g/mol. The number of hydrogen-bond acceptors (Lipinski definition) is 1. The van der Waals surface area contributed by atoms with Crippen LogP contribution in [-0.2, 0) is 4.79 Å². The van der Waals surface area contributed by atoms with Gasteiger partial charge in [0.1, 0.15) is 5.92 Å². The maximum atomic E-state index is 12.3. The number of Topliss-reactive ketones (excluding diaryl/α,β-unsaturated/α-hetero) is 1. The summed E-state index contributed by atoms with van der Waals surface area (Å²) in [6, 6.07) is 0. The van der Waals surface area contributed by atoms with Gasteiger partial charge in [-0.15, -0.1) is 0 Å². The van der Waals surface area contributed by atoms with Gasteiger partial charge in [0.15, 0.2) is 5.78 Å². The molecule has 0 bridgehead atoms. The molecule has 0 aliphatic heterocycles. The van der Waals surface area contributed by atoms with E-state index in [-0.39, 0.29) is 6.42 Å². The average molecular weight is 206 g/mol. The van der Waals surface area contributed by atoms with Crippen LogP contribution in [0.5, 0.6) is 0 Å². The van der Waals surface area contributed by atoms with Crippen LogP contribution in [0.25, 0.3) is 0 Å². The molecule has 1 aliphatic rings. The Hall–Kier alpha value is -0.800. The Morgan fingerprint density at radius 3 is 2.57 bits per heavy atom. The van der Waals surface area contributed by atoms with E-state index in [1.54, 1.807) is 0 Å². The predicted octanol–water partition coefficient (Wildman–Crippen LogP) is 3.25. The third-order valence-electron chi connectivity index (χ3n) is 2.43. The van der Waals surface area contributed by atoms with E-state index in [1.165, 1.54) is 6.08 Å². The first-order valence-electron chi connectivity index (χ1n) is 4.76. The zero-order valence-electron chi connectivity index (χ0n) is 8.03. The number of alkyl halides is 3. The van der Waals surface area contributed by atoms with E-state index in [9.17, 15) is 18.0 Å². The molecule has 80 valence electrons. The molecule has 0 saturated carbocycles. The lowest BCUT2D eigenvalue weighted by Gasteiger charge is -2.13. The van der Waals surface area contributed by atoms with Crippen molar-refractivity contribution in [1.29, 1.82) is 0 Å². The van der Waals surface area contributed by atoms with Crippen molar-refractivity contribution >= 4 is 5.78 Å². The van der Waals surface area contributed by atoms with Gasteiger partial charge in [-0.25, -0.2) is 0 Å². The van der Waals surface area contributed by atoms with Crippen molar-refractivity contribution < 1.29 is 18.0 Å². The molecule has 1 nitrogen and oxygen atoms in total. The molecule has 0 aromatic heterocycles. The highest BCUT2D eigenvalue weighted by molar-refractivity contribution is 5.99. The first kappa shape index (κ1) is 11.3. The number of carbonyl (C=O) groups excluding carboxylic acids is 1. The summed E-state index contributed by atoms with van der Waals surface area (Å²) in [5.41, 5.74) is 0.370. The standard InChI is InChI=1S/C10H13F3O/c1-2-3-4-7-5-6-8(9(7)14)10(11,12)13/h5,8H,2-4,6H2,1H3. The molecule has 4 heteroatoms. The van der Waals surface area contributed by atoms with Gasteiger partial charge in [-0.3, -0.25) is 4.79 Å². The predicted molar refractivity (Wildman–Crippen MR) is 46.8 cm³/mol. The Labute approximate surface area is 81.0 Å². The SMILES string of the molecule is CCCCC1=CCC(C(F)(F)F)C1=O. The first-order chi connectivity index (χ1) is 6.46. The van der Waals surface area contributed by atoms with Crippen molar-refractivity contribution in [2.24, 2.45) is 5.92 Å². The van der Waals surface area contributed by atoms with E-state index in [1.807, 2.05) is 6.92 Å². The zero-order valence-corrected chi connectivity index (χ0v) is 8.03. The van der Waals surface area contributed by atoms with Crippen LogP contribution < -0.4 is 0 Å². The van der Waals surface area contributed by atoms with Crippen molar-refractivity contribution in [1.82, 2.24) is 0 Å². The quantitative estimate of drug-likeness (QED) is 0.692. The van der Waals surface area contributed by atoms with Crippen LogP contribution in [-0.4, -0.2) is 12.0 Å². The molecule has 1 atom stereocenters. The average Bonchev–Trinajstić information content (AvgIpc) is 2.42. The van der Waals surface area contributed by atoms with Gasteiger partial charge in [0.05, 0.1) is 0 Å². The Kier molecular flexibility index (Phi) is 3.34. The minimum Gasteiger partial charge on any atom is -0.294 e. The highest BCUT2D eigenvalue weighted by atomic mass is 19.4. The number of ketones is 1. The lowest BCUT2D eigenvalue weighted by Crippen LogP contribution is -2.27. The zero-order chi connectivity index (χ0) is 10.8. The summed E-state index contributed by atoms with van der Waals surface area (Å²) >= 11 is 0. The second kappa shape index (κ2) is 4.15. The summed E-state index contributed by atoms with van der Waals surface area (Å²) in [5.74, 6) is -2.49. The van der Waals surface area contributed by atoms with Crippen molar-refractivity contribution in [3.05, 3.63) is 11.6 Å². The van der Waals surface area contributed by atoms with Gasteiger partial charge in [-0.1, -0.05) is 19.4 Å². The summed E-state index contributed by atoms with van der Waals surface area (Å²) in [7, 11) is 0. The minimum atomic E-state index is -4.37. The van der Waals surface area contributed by atoms with Gasteiger partial charge in [0, 0.05) is 0 Å². The van der Waals surface area contributed by atoms with E-state index in [0.717, 1.165) is 12.8 Å². The molecule has 0 fully saturated rings. The Bertz CT molecular complexity index is 253. The maximum Gasteiger partial charge on any atom is 0.399 e. The highest BCUT2D eigenvalue weighted by Gasteiger charge is 2.46. The number of unbranched alkanes of at least 4 members (excludes halogenated alkanes) is 1. The second-order valence-corrected chi connectivity index (χ2v) is 3.53.